The Morgan fingerprint density at radius 1 is 1.35 bits per heavy atom. The summed E-state index contributed by atoms with van der Waals surface area (Å²) < 4.78 is 6.17. The predicted octanol–water partition coefficient (Wildman–Crippen LogP) is 3.18. The molecule has 1 unspecified atom stereocenters. The fourth-order valence-corrected chi connectivity index (χ4v) is 3.52. The van der Waals surface area contributed by atoms with Crippen molar-refractivity contribution >= 4 is 23.9 Å². The van der Waals surface area contributed by atoms with Gasteiger partial charge in [0.25, 0.3) is 12.3 Å². The number of aliphatic hydroxyl groups is 1. The van der Waals surface area contributed by atoms with Crippen molar-refractivity contribution in [3.63, 3.8) is 0 Å². The van der Waals surface area contributed by atoms with E-state index in [0.717, 1.165) is 11.1 Å². The third-order valence-electron chi connectivity index (χ3n) is 5.11. The van der Waals surface area contributed by atoms with Crippen LogP contribution in [0, 0.1) is 0 Å². The van der Waals surface area contributed by atoms with E-state index in [2.05, 4.69) is 18.5 Å². The molecule has 0 bridgehead atoms. The molecule has 0 saturated heterocycles. The van der Waals surface area contributed by atoms with E-state index in [9.17, 15) is 14.7 Å². The van der Waals surface area contributed by atoms with Gasteiger partial charge in [-0.05, 0) is 50.1 Å². The minimum atomic E-state index is -0.798. The number of aliphatic hydroxyl groups excluding tert-OH is 1. The number of hydrogen-bond donors (Lipinski definition) is 2. The zero-order valence-electron chi connectivity index (χ0n) is 20.0. The van der Waals surface area contributed by atoms with Crippen molar-refractivity contribution in [1.82, 2.24) is 20.0 Å². The van der Waals surface area contributed by atoms with Crippen LogP contribution < -0.4 is 5.32 Å². The number of halogens is 1. The van der Waals surface area contributed by atoms with Crippen LogP contribution in [0.2, 0.25) is 5.02 Å². The highest BCUT2D eigenvalue weighted by atomic mass is 35.5. The predicted molar refractivity (Wildman–Crippen MR) is 133 cm³/mol. The molecule has 8 nitrogen and oxygen atoms in total. The van der Waals surface area contributed by atoms with Gasteiger partial charge in [-0.15, -0.1) is 0 Å². The maximum Gasteiger partial charge on any atom is 0.273 e. The van der Waals surface area contributed by atoms with Crippen molar-refractivity contribution in [3.05, 3.63) is 83.0 Å². The number of likely N-dealkylation sites (N-methyl/N-ethyl adjacent to an activating group) is 1. The van der Waals surface area contributed by atoms with Crippen molar-refractivity contribution in [1.29, 1.82) is 0 Å². The van der Waals surface area contributed by atoms with Crippen molar-refractivity contribution in [2.45, 2.75) is 33.2 Å². The Balaban J connectivity index is 2.56. The summed E-state index contributed by atoms with van der Waals surface area (Å²) in [6, 6.07) is 7.28. The van der Waals surface area contributed by atoms with Crippen LogP contribution in [0.15, 0.2) is 72.4 Å². The van der Waals surface area contributed by atoms with Gasteiger partial charge >= 0.3 is 0 Å². The van der Waals surface area contributed by atoms with Crippen LogP contribution in [0.25, 0.3) is 0 Å². The lowest BCUT2D eigenvalue weighted by Gasteiger charge is -2.30. The summed E-state index contributed by atoms with van der Waals surface area (Å²) in [7, 11) is 1.66. The number of nitrogens with zero attached hydrogens (tertiary/aromatic N) is 3. The van der Waals surface area contributed by atoms with Gasteiger partial charge in [0, 0.05) is 38.3 Å². The van der Waals surface area contributed by atoms with E-state index in [0.29, 0.717) is 49.1 Å². The Morgan fingerprint density at radius 2 is 2.03 bits per heavy atom. The standard InChI is InChI=1S/C25H33ClN4O4/c1-6-21(15-18(3)4)34-25-27-23(29(7-2)17-32)22(24(33)28(5)13-8-14-31)30(25)16-19-9-11-20(26)12-10-19/h6,9-12,15,17,25,27,31H,1,3,7-8,13-14,16H2,2,4-5H3/b21-15+. The van der Waals surface area contributed by atoms with Crippen molar-refractivity contribution in [2.75, 3.05) is 26.7 Å². The van der Waals surface area contributed by atoms with E-state index < -0.39 is 6.35 Å². The first kappa shape index (κ1) is 27.0. The molecule has 0 radical (unpaired) electrons. The largest absolute Gasteiger partial charge is 0.452 e. The van der Waals surface area contributed by atoms with Crippen LogP contribution in [-0.4, -0.2) is 65.2 Å². The number of nitrogens with one attached hydrogen (secondary N) is 1. The van der Waals surface area contributed by atoms with Crippen LogP contribution in [0.3, 0.4) is 0 Å². The summed E-state index contributed by atoms with van der Waals surface area (Å²) in [6.07, 6.45) is 3.60. The monoisotopic (exact) mass is 488 g/mol. The molecule has 0 fully saturated rings. The van der Waals surface area contributed by atoms with Gasteiger partial charge in [0.2, 0.25) is 6.41 Å². The molecule has 0 aromatic heterocycles. The van der Waals surface area contributed by atoms with Gasteiger partial charge in [0.05, 0.1) is 0 Å². The fourth-order valence-electron chi connectivity index (χ4n) is 3.39. The van der Waals surface area contributed by atoms with Crippen molar-refractivity contribution < 1.29 is 19.4 Å². The zero-order valence-corrected chi connectivity index (χ0v) is 20.7. The Labute approximate surface area is 206 Å². The minimum Gasteiger partial charge on any atom is -0.452 e. The molecule has 1 atom stereocenters. The number of ether oxygens (including phenoxy) is 1. The first-order valence-electron chi connectivity index (χ1n) is 11.0. The highest BCUT2D eigenvalue weighted by molar-refractivity contribution is 6.30. The second-order valence-electron chi connectivity index (χ2n) is 7.86. The maximum atomic E-state index is 13.6. The molecule has 0 spiro atoms. The first-order valence-corrected chi connectivity index (χ1v) is 11.4. The summed E-state index contributed by atoms with van der Waals surface area (Å²) in [6.45, 7) is 12.3. The topological polar surface area (TPSA) is 85.3 Å². The Morgan fingerprint density at radius 3 is 2.56 bits per heavy atom. The van der Waals surface area contributed by atoms with E-state index >= 15 is 0 Å². The normalized spacial score (nSPS) is 15.6. The van der Waals surface area contributed by atoms with Crippen LogP contribution in [0.5, 0.6) is 0 Å². The van der Waals surface area contributed by atoms with E-state index in [1.165, 1.54) is 9.80 Å². The summed E-state index contributed by atoms with van der Waals surface area (Å²) in [4.78, 5) is 30.1. The van der Waals surface area contributed by atoms with Crippen molar-refractivity contribution in [2.24, 2.45) is 0 Å². The number of benzene rings is 1. The number of carbonyl (C=O) groups excluding carboxylic acids is 2. The lowest BCUT2D eigenvalue weighted by atomic mass is 10.2. The number of amides is 2. The Hall–Kier alpha value is -3.23. The molecule has 9 heteroatoms. The maximum absolute atomic E-state index is 13.6. The first-order chi connectivity index (χ1) is 16.2. The average Bonchev–Trinajstić information content (AvgIpc) is 3.15. The molecular weight excluding hydrogens is 456 g/mol. The molecule has 1 aliphatic heterocycles. The second-order valence-corrected chi connectivity index (χ2v) is 8.30. The highest BCUT2D eigenvalue weighted by Crippen LogP contribution is 2.29. The van der Waals surface area contributed by atoms with Crippen LogP contribution in [0.1, 0.15) is 25.8 Å². The number of rotatable bonds is 13. The van der Waals surface area contributed by atoms with Crippen LogP contribution >= 0.6 is 11.6 Å². The van der Waals surface area contributed by atoms with Gasteiger partial charge in [-0.25, -0.2) is 0 Å². The molecule has 1 aromatic rings. The highest BCUT2D eigenvalue weighted by Gasteiger charge is 2.40. The van der Waals surface area contributed by atoms with Gasteiger partial charge < -0.3 is 25.0 Å². The van der Waals surface area contributed by atoms with E-state index in [1.54, 1.807) is 36.2 Å². The van der Waals surface area contributed by atoms with Gasteiger partial charge in [0.15, 0.2) is 0 Å². The van der Waals surface area contributed by atoms with Crippen LogP contribution in [-0.2, 0) is 20.9 Å². The molecule has 0 aliphatic carbocycles. The third kappa shape index (κ3) is 6.88. The number of allylic oxidation sites excluding steroid dienone is 3. The van der Waals surface area contributed by atoms with Gasteiger partial charge in [-0.1, -0.05) is 42.5 Å². The van der Waals surface area contributed by atoms with E-state index in [-0.39, 0.29) is 18.2 Å². The average molecular weight is 489 g/mol. The molecule has 0 saturated carbocycles. The summed E-state index contributed by atoms with van der Waals surface area (Å²) in [5.74, 6) is 0.498. The van der Waals surface area contributed by atoms with Crippen LogP contribution in [0.4, 0.5) is 0 Å². The Kier molecular flexibility index (Phi) is 10.2. The lowest BCUT2D eigenvalue weighted by molar-refractivity contribution is -0.129. The van der Waals surface area contributed by atoms with E-state index in [4.69, 9.17) is 16.3 Å². The number of hydrogen-bond acceptors (Lipinski definition) is 6. The minimum absolute atomic E-state index is 0.0359. The summed E-state index contributed by atoms with van der Waals surface area (Å²) >= 11 is 6.05. The summed E-state index contributed by atoms with van der Waals surface area (Å²) in [5.41, 5.74) is 1.95. The summed E-state index contributed by atoms with van der Waals surface area (Å²) in [5, 5.41) is 13.0. The quantitative estimate of drug-likeness (QED) is 0.252. The second kappa shape index (κ2) is 12.9. The smallest absolute Gasteiger partial charge is 0.273 e. The molecule has 1 aliphatic rings. The molecular formula is C25H33ClN4O4. The Bertz CT molecular complexity index is 958. The zero-order chi connectivity index (χ0) is 25.3. The molecule has 184 valence electrons. The third-order valence-corrected chi connectivity index (χ3v) is 5.37. The molecule has 1 aromatic carbocycles. The molecule has 1 heterocycles. The van der Waals surface area contributed by atoms with Gasteiger partial charge in [-0.3, -0.25) is 14.5 Å². The molecule has 34 heavy (non-hydrogen) atoms. The molecule has 2 N–H and O–H groups in total. The SMILES string of the molecule is C=C/C(=C\C(=C)C)OC1NC(N(C=O)CC)=C(C(=O)N(C)CCCO)N1Cc1ccc(Cl)cc1. The van der Waals surface area contributed by atoms with Gasteiger partial charge in [0.1, 0.15) is 17.3 Å². The number of carbonyl (C=O) groups is 2. The fraction of sp³-hybridized carbons (Fsp3) is 0.360. The van der Waals surface area contributed by atoms with Crippen molar-refractivity contribution in [3.8, 4) is 0 Å². The van der Waals surface area contributed by atoms with E-state index in [1.807, 2.05) is 26.0 Å². The van der Waals surface area contributed by atoms with Gasteiger partial charge in [-0.2, -0.15) is 0 Å². The molecule has 2 rings (SSSR count). The molecule has 2 amide bonds. The lowest BCUT2D eigenvalue weighted by Crippen LogP contribution is -2.42.